The highest BCUT2D eigenvalue weighted by Gasteiger charge is 2.38. The van der Waals surface area contributed by atoms with E-state index in [4.69, 9.17) is 4.74 Å². The van der Waals surface area contributed by atoms with E-state index in [2.05, 4.69) is 16.3 Å². The fraction of sp³-hybridized carbons (Fsp3) is 0.444. The fourth-order valence-electron chi connectivity index (χ4n) is 4.84. The molecular formula is C27H32N4O5. The Morgan fingerprint density at radius 1 is 1.03 bits per heavy atom. The Labute approximate surface area is 210 Å². The first kappa shape index (κ1) is 25.6. The van der Waals surface area contributed by atoms with Crippen LogP contribution in [0.4, 0.5) is 5.69 Å². The Morgan fingerprint density at radius 2 is 1.72 bits per heavy atom. The maximum absolute atomic E-state index is 13.0. The van der Waals surface area contributed by atoms with Gasteiger partial charge >= 0.3 is 0 Å². The summed E-state index contributed by atoms with van der Waals surface area (Å²) in [5.41, 5.74) is 2.41. The minimum absolute atomic E-state index is 0.196. The minimum Gasteiger partial charge on any atom is -0.380 e. The van der Waals surface area contributed by atoms with Crippen molar-refractivity contribution in [2.45, 2.75) is 31.1 Å². The predicted octanol–water partition coefficient (Wildman–Crippen LogP) is 1.21. The number of aliphatic hydroxyl groups is 2. The zero-order chi connectivity index (χ0) is 25.5. The Balaban J connectivity index is 1.28. The first-order valence-electron chi connectivity index (χ1n) is 12.3. The molecular weight excluding hydrogens is 460 g/mol. The van der Waals surface area contributed by atoms with Crippen molar-refractivity contribution in [3.05, 3.63) is 65.7 Å². The van der Waals surface area contributed by atoms with Crippen molar-refractivity contribution in [1.29, 1.82) is 5.26 Å². The second kappa shape index (κ2) is 12.0. The number of hydrogen-bond donors (Lipinski definition) is 3. The van der Waals surface area contributed by atoms with Crippen LogP contribution in [0.5, 0.6) is 0 Å². The first-order chi connectivity index (χ1) is 17.5. The van der Waals surface area contributed by atoms with Crippen LogP contribution in [0.3, 0.4) is 0 Å². The van der Waals surface area contributed by atoms with Crippen molar-refractivity contribution >= 4 is 17.5 Å². The monoisotopic (exact) mass is 492 g/mol. The second-order valence-corrected chi connectivity index (χ2v) is 9.23. The molecule has 2 aliphatic heterocycles. The number of amides is 2. The number of hydrogen-bond acceptors (Lipinski definition) is 7. The maximum Gasteiger partial charge on any atom is 0.255 e. The lowest BCUT2D eigenvalue weighted by molar-refractivity contribution is -0.159. The number of rotatable bonds is 7. The van der Waals surface area contributed by atoms with Crippen molar-refractivity contribution in [1.82, 2.24) is 10.2 Å². The molecule has 2 aliphatic rings. The summed E-state index contributed by atoms with van der Waals surface area (Å²) in [6, 6.07) is 18.7. The molecule has 0 aliphatic carbocycles. The average molecular weight is 493 g/mol. The molecule has 0 spiro atoms. The third kappa shape index (κ3) is 5.85. The highest BCUT2D eigenvalue weighted by atomic mass is 16.5. The highest BCUT2D eigenvalue weighted by molar-refractivity contribution is 5.91. The van der Waals surface area contributed by atoms with Gasteiger partial charge in [-0.2, -0.15) is 5.26 Å². The Bertz CT molecular complexity index is 1080. The van der Waals surface area contributed by atoms with Crippen molar-refractivity contribution in [3.8, 4) is 6.07 Å². The van der Waals surface area contributed by atoms with Gasteiger partial charge in [-0.25, -0.2) is 0 Å². The molecule has 9 heteroatoms. The van der Waals surface area contributed by atoms with E-state index in [1.165, 1.54) is 4.90 Å². The van der Waals surface area contributed by atoms with Crippen LogP contribution in [-0.4, -0.2) is 78.5 Å². The lowest BCUT2D eigenvalue weighted by Crippen LogP contribution is -2.54. The summed E-state index contributed by atoms with van der Waals surface area (Å²) in [6.07, 6.45) is -2.10. The molecule has 3 N–H and O–H groups in total. The predicted molar refractivity (Wildman–Crippen MR) is 133 cm³/mol. The smallest absolute Gasteiger partial charge is 0.255 e. The molecule has 2 saturated heterocycles. The largest absolute Gasteiger partial charge is 0.380 e. The quantitative estimate of drug-likeness (QED) is 0.530. The van der Waals surface area contributed by atoms with Crippen LogP contribution in [0.2, 0.25) is 0 Å². The molecule has 1 unspecified atom stereocenters. The van der Waals surface area contributed by atoms with Crippen molar-refractivity contribution in [3.63, 3.8) is 0 Å². The summed E-state index contributed by atoms with van der Waals surface area (Å²) in [5, 5.41) is 33.0. The van der Waals surface area contributed by atoms with Gasteiger partial charge < -0.3 is 30.1 Å². The van der Waals surface area contributed by atoms with Gasteiger partial charge in [-0.15, -0.1) is 0 Å². The number of carbonyl (C=O) groups is 2. The van der Waals surface area contributed by atoms with Crippen LogP contribution in [0, 0.1) is 17.2 Å². The summed E-state index contributed by atoms with van der Waals surface area (Å²) in [7, 11) is 0. The molecule has 3 atom stereocenters. The molecule has 0 bridgehead atoms. The summed E-state index contributed by atoms with van der Waals surface area (Å²) >= 11 is 0. The SMILES string of the molecule is N#Cc1ccccc1N1CCC(CNC(=O)[C@H](O)[C@@H](O)C(=O)N2CCOCC2c2ccccc2)CC1. The molecule has 2 fully saturated rings. The van der Waals surface area contributed by atoms with Crippen molar-refractivity contribution < 1.29 is 24.5 Å². The van der Waals surface area contributed by atoms with Crippen LogP contribution < -0.4 is 10.2 Å². The lowest BCUT2D eigenvalue weighted by atomic mass is 9.95. The standard InChI is InChI=1S/C27H32N4O5/c28-16-21-8-4-5-9-22(21)30-12-10-19(11-13-30)17-29-26(34)24(32)25(33)27(35)31-14-15-36-18-23(31)20-6-2-1-3-7-20/h1-9,19,23-25,32-33H,10-15,17-18H2,(H,29,34)/t23?,24-,25-/m1/s1. The third-order valence-electron chi connectivity index (χ3n) is 6.96. The summed E-state index contributed by atoms with van der Waals surface area (Å²) < 4.78 is 5.52. The van der Waals surface area contributed by atoms with E-state index in [9.17, 15) is 25.1 Å². The Morgan fingerprint density at radius 3 is 2.44 bits per heavy atom. The molecule has 2 aromatic rings. The molecule has 2 amide bonds. The van der Waals surface area contributed by atoms with Crippen LogP contribution in [0.15, 0.2) is 54.6 Å². The molecule has 36 heavy (non-hydrogen) atoms. The molecule has 0 aromatic heterocycles. The van der Waals surface area contributed by atoms with E-state index in [0.29, 0.717) is 18.7 Å². The second-order valence-electron chi connectivity index (χ2n) is 9.23. The number of nitrogens with one attached hydrogen (secondary N) is 1. The number of anilines is 1. The Kier molecular flexibility index (Phi) is 8.54. The van der Waals surface area contributed by atoms with Gasteiger partial charge in [-0.1, -0.05) is 42.5 Å². The lowest BCUT2D eigenvalue weighted by Gasteiger charge is -2.37. The van der Waals surface area contributed by atoms with Crippen LogP contribution in [-0.2, 0) is 14.3 Å². The number of nitrogens with zero attached hydrogens (tertiary/aromatic N) is 3. The van der Waals surface area contributed by atoms with Crippen molar-refractivity contribution in [2.24, 2.45) is 5.92 Å². The zero-order valence-electron chi connectivity index (χ0n) is 20.1. The number of aliphatic hydroxyl groups excluding tert-OH is 2. The van der Waals surface area contributed by atoms with Gasteiger partial charge in [0.15, 0.2) is 12.2 Å². The fourth-order valence-corrected chi connectivity index (χ4v) is 4.84. The topological polar surface area (TPSA) is 126 Å². The summed E-state index contributed by atoms with van der Waals surface area (Å²) in [6.45, 7) is 2.71. The summed E-state index contributed by atoms with van der Waals surface area (Å²) in [4.78, 5) is 29.2. The van der Waals surface area contributed by atoms with Crippen LogP contribution in [0.1, 0.15) is 30.0 Å². The average Bonchev–Trinajstić information content (AvgIpc) is 2.95. The number of para-hydroxylation sites is 1. The van der Waals surface area contributed by atoms with E-state index < -0.39 is 30.1 Å². The van der Waals surface area contributed by atoms with E-state index in [1.807, 2.05) is 48.5 Å². The number of piperidine rings is 1. The molecule has 2 heterocycles. The number of ether oxygens (including phenoxy) is 1. The van der Waals surface area contributed by atoms with Crippen LogP contribution >= 0.6 is 0 Å². The van der Waals surface area contributed by atoms with E-state index >= 15 is 0 Å². The van der Waals surface area contributed by atoms with Gasteiger partial charge in [0.05, 0.1) is 30.5 Å². The molecule has 0 radical (unpaired) electrons. The Hall–Kier alpha value is -3.45. The van der Waals surface area contributed by atoms with Gasteiger partial charge in [0, 0.05) is 26.2 Å². The number of carbonyl (C=O) groups excluding carboxylic acids is 2. The number of nitriles is 1. The first-order valence-corrected chi connectivity index (χ1v) is 12.3. The number of benzene rings is 2. The molecule has 0 saturated carbocycles. The minimum atomic E-state index is -1.86. The molecule has 9 nitrogen and oxygen atoms in total. The molecule has 2 aromatic carbocycles. The summed E-state index contributed by atoms with van der Waals surface area (Å²) in [5.74, 6) is -1.27. The van der Waals surface area contributed by atoms with Gasteiger partial charge in [-0.05, 0) is 36.5 Å². The van der Waals surface area contributed by atoms with Crippen LogP contribution in [0.25, 0.3) is 0 Å². The van der Waals surface area contributed by atoms with E-state index in [0.717, 1.165) is 37.2 Å². The van der Waals surface area contributed by atoms with Gasteiger partial charge in [0.2, 0.25) is 0 Å². The van der Waals surface area contributed by atoms with Gasteiger partial charge in [-0.3, -0.25) is 9.59 Å². The third-order valence-corrected chi connectivity index (χ3v) is 6.96. The molecule has 4 rings (SSSR count). The maximum atomic E-state index is 13.0. The van der Waals surface area contributed by atoms with E-state index in [1.54, 1.807) is 6.07 Å². The zero-order valence-corrected chi connectivity index (χ0v) is 20.1. The molecule has 190 valence electrons. The van der Waals surface area contributed by atoms with Crippen molar-refractivity contribution in [2.75, 3.05) is 44.3 Å². The van der Waals surface area contributed by atoms with E-state index in [-0.39, 0.29) is 19.1 Å². The van der Waals surface area contributed by atoms with Gasteiger partial charge in [0.1, 0.15) is 6.07 Å². The highest BCUT2D eigenvalue weighted by Crippen LogP contribution is 2.27. The number of morpholine rings is 1. The normalized spacial score (nSPS) is 20.3. The van der Waals surface area contributed by atoms with Gasteiger partial charge in [0.25, 0.3) is 11.8 Å².